The van der Waals surface area contributed by atoms with Crippen molar-refractivity contribution in [1.29, 1.82) is 0 Å². The minimum Gasteiger partial charge on any atom is -0.461 e. The number of carbonyl (C=O) groups excluding carboxylic acids is 1. The molecule has 4 heteroatoms. The smallest absolute Gasteiger partial charge is 0.197 e. The van der Waals surface area contributed by atoms with E-state index in [0.717, 1.165) is 42.9 Å². The van der Waals surface area contributed by atoms with E-state index < -0.39 is 0 Å². The normalized spacial score (nSPS) is 22.1. The molecule has 0 saturated carbocycles. The SMILES string of the molecule is C=C=C1C(Cc2ccc(OC3=CC=C(C)C3)cc2)SC(=O)C1CCN(C)C. The van der Waals surface area contributed by atoms with Crippen LogP contribution < -0.4 is 4.74 Å². The molecule has 2 aliphatic rings. The highest BCUT2D eigenvalue weighted by molar-refractivity contribution is 8.14. The van der Waals surface area contributed by atoms with Gasteiger partial charge in [-0.3, -0.25) is 4.79 Å². The number of ether oxygens (including phenoxy) is 1. The standard InChI is InChI=1S/C23H27NO2S/c1-5-20-21(12-13-24(3)4)23(25)27-22(20)15-17-7-10-18(11-8-17)26-19-9-6-16(2)14-19/h6-11,21-22H,1,12-15H2,2-4H3. The Labute approximate surface area is 166 Å². The van der Waals surface area contributed by atoms with Gasteiger partial charge in [-0.1, -0.05) is 42.1 Å². The molecular formula is C23H27NO2S. The van der Waals surface area contributed by atoms with Crippen LogP contribution in [0, 0.1) is 5.92 Å². The van der Waals surface area contributed by atoms with E-state index in [1.807, 2.05) is 32.3 Å². The minimum absolute atomic E-state index is 0.0486. The van der Waals surface area contributed by atoms with E-state index in [2.05, 4.69) is 42.3 Å². The van der Waals surface area contributed by atoms with Gasteiger partial charge in [0.25, 0.3) is 0 Å². The summed E-state index contributed by atoms with van der Waals surface area (Å²) in [5.41, 5.74) is 6.65. The van der Waals surface area contributed by atoms with E-state index in [0.29, 0.717) is 0 Å². The largest absolute Gasteiger partial charge is 0.461 e. The lowest BCUT2D eigenvalue weighted by atomic mass is 9.92. The number of thioether (sulfide) groups is 1. The molecule has 0 radical (unpaired) electrons. The molecule has 1 saturated heterocycles. The highest BCUT2D eigenvalue weighted by Gasteiger charge is 2.38. The molecule has 0 aromatic heterocycles. The predicted octanol–water partition coefficient (Wildman–Crippen LogP) is 4.76. The van der Waals surface area contributed by atoms with Crippen LogP contribution in [0.25, 0.3) is 0 Å². The molecule has 27 heavy (non-hydrogen) atoms. The molecule has 2 atom stereocenters. The molecule has 1 aromatic carbocycles. The first-order valence-corrected chi connectivity index (χ1v) is 10.2. The van der Waals surface area contributed by atoms with Crippen molar-refractivity contribution in [2.45, 2.75) is 31.4 Å². The van der Waals surface area contributed by atoms with Gasteiger partial charge in [-0.2, -0.15) is 0 Å². The molecule has 0 N–H and O–H groups in total. The first-order valence-electron chi connectivity index (χ1n) is 9.34. The Bertz CT molecular complexity index is 813. The zero-order valence-electron chi connectivity index (χ0n) is 16.3. The summed E-state index contributed by atoms with van der Waals surface area (Å²) in [4.78, 5) is 14.6. The van der Waals surface area contributed by atoms with Gasteiger partial charge in [0.2, 0.25) is 0 Å². The van der Waals surface area contributed by atoms with E-state index in [-0.39, 0.29) is 16.3 Å². The molecular weight excluding hydrogens is 354 g/mol. The summed E-state index contributed by atoms with van der Waals surface area (Å²) < 4.78 is 5.92. The van der Waals surface area contributed by atoms with Crippen molar-refractivity contribution in [3.05, 3.63) is 71.2 Å². The lowest BCUT2D eigenvalue weighted by molar-refractivity contribution is -0.113. The van der Waals surface area contributed by atoms with Crippen LogP contribution in [0.1, 0.15) is 25.3 Å². The van der Waals surface area contributed by atoms with Gasteiger partial charge in [0.1, 0.15) is 11.5 Å². The van der Waals surface area contributed by atoms with E-state index in [1.165, 1.54) is 22.9 Å². The summed E-state index contributed by atoms with van der Waals surface area (Å²) in [6.45, 7) is 6.85. The molecule has 1 aromatic rings. The highest BCUT2D eigenvalue weighted by Crippen LogP contribution is 2.41. The van der Waals surface area contributed by atoms with Crippen molar-refractivity contribution in [2.75, 3.05) is 20.6 Å². The minimum atomic E-state index is -0.0486. The van der Waals surface area contributed by atoms with Gasteiger partial charge < -0.3 is 9.64 Å². The van der Waals surface area contributed by atoms with Crippen molar-refractivity contribution in [1.82, 2.24) is 4.90 Å². The maximum atomic E-state index is 12.5. The van der Waals surface area contributed by atoms with Gasteiger partial charge in [0.15, 0.2) is 5.12 Å². The van der Waals surface area contributed by atoms with E-state index in [9.17, 15) is 4.79 Å². The van der Waals surface area contributed by atoms with Crippen LogP contribution >= 0.6 is 11.8 Å². The quantitative estimate of drug-likeness (QED) is 0.637. The molecule has 0 bridgehead atoms. The first-order chi connectivity index (χ1) is 13.0. The average Bonchev–Trinajstić information content (AvgIpc) is 3.17. The molecule has 1 heterocycles. The zero-order valence-corrected chi connectivity index (χ0v) is 17.1. The Kier molecular flexibility index (Phi) is 6.43. The van der Waals surface area contributed by atoms with Crippen LogP contribution in [0.4, 0.5) is 0 Å². The van der Waals surface area contributed by atoms with Crippen molar-refractivity contribution in [3.63, 3.8) is 0 Å². The zero-order chi connectivity index (χ0) is 19.4. The molecule has 3 nitrogen and oxygen atoms in total. The monoisotopic (exact) mass is 381 g/mol. The lowest BCUT2D eigenvalue weighted by Gasteiger charge is -2.15. The van der Waals surface area contributed by atoms with E-state index >= 15 is 0 Å². The Morgan fingerprint density at radius 2 is 2.00 bits per heavy atom. The fraction of sp³-hybridized carbons (Fsp3) is 0.391. The summed E-state index contributed by atoms with van der Waals surface area (Å²) in [7, 11) is 4.06. The number of nitrogens with zero attached hydrogens (tertiary/aromatic N) is 1. The van der Waals surface area contributed by atoms with Gasteiger partial charge in [0, 0.05) is 11.7 Å². The Balaban J connectivity index is 1.61. The number of benzene rings is 1. The molecule has 142 valence electrons. The molecule has 2 unspecified atom stereocenters. The molecule has 1 fully saturated rings. The molecule has 3 rings (SSSR count). The summed E-state index contributed by atoms with van der Waals surface area (Å²) in [5.74, 6) is 1.79. The van der Waals surface area contributed by atoms with Gasteiger partial charge >= 0.3 is 0 Å². The van der Waals surface area contributed by atoms with E-state index in [1.54, 1.807) is 0 Å². The predicted molar refractivity (Wildman–Crippen MR) is 113 cm³/mol. The van der Waals surface area contributed by atoms with Crippen molar-refractivity contribution >= 4 is 16.9 Å². The van der Waals surface area contributed by atoms with E-state index in [4.69, 9.17) is 4.74 Å². The van der Waals surface area contributed by atoms with Crippen LogP contribution in [0.15, 0.2) is 65.6 Å². The third-order valence-corrected chi connectivity index (χ3v) is 6.16. The number of allylic oxidation sites excluding steroid dienone is 3. The van der Waals surface area contributed by atoms with Crippen LogP contribution in [0.2, 0.25) is 0 Å². The Hall–Kier alpha value is -2.00. The second-order valence-corrected chi connectivity index (χ2v) is 8.68. The summed E-state index contributed by atoms with van der Waals surface area (Å²) in [5, 5.41) is 0.391. The van der Waals surface area contributed by atoms with Crippen LogP contribution in [-0.2, 0) is 11.2 Å². The van der Waals surface area contributed by atoms with Crippen LogP contribution in [0.3, 0.4) is 0 Å². The second kappa shape index (κ2) is 8.79. The average molecular weight is 382 g/mol. The maximum absolute atomic E-state index is 12.5. The van der Waals surface area contributed by atoms with Crippen LogP contribution in [0.5, 0.6) is 5.75 Å². The molecule has 0 amide bonds. The number of hydrogen-bond donors (Lipinski definition) is 0. The van der Waals surface area contributed by atoms with Crippen molar-refractivity contribution in [2.24, 2.45) is 5.92 Å². The van der Waals surface area contributed by atoms with Gasteiger partial charge in [-0.25, -0.2) is 0 Å². The fourth-order valence-corrected chi connectivity index (χ4v) is 4.78. The Morgan fingerprint density at radius 3 is 2.59 bits per heavy atom. The second-order valence-electron chi connectivity index (χ2n) is 7.48. The third kappa shape index (κ3) is 5.04. The number of carbonyl (C=O) groups is 1. The number of rotatable bonds is 7. The van der Waals surface area contributed by atoms with Crippen LogP contribution in [-0.4, -0.2) is 35.9 Å². The molecule has 0 spiro atoms. The highest BCUT2D eigenvalue weighted by atomic mass is 32.2. The third-order valence-electron chi connectivity index (χ3n) is 4.93. The first kappa shape index (κ1) is 19.8. The summed E-state index contributed by atoms with van der Waals surface area (Å²) in [6, 6.07) is 8.19. The summed E-state index contributed by atoms with van der Waals surface area (Å²) in [6.07, 6.45) is 6.65. The van der Waals surface area contributed by atoms with Gasteiger partial charge in [0.05, 0.1) is 5.92 Å². The lowest BCUT2D eigenvalue weighted by Crippen LogP contribution is -2.19. The molecule has 1 aliphatic carbocycles. The number of hydrogen-bond acceptors (Lipinski definition) is 4. The van der Waals surface area contributed by atoms with Gasteiger partial charge in [-0.05, 0) is 69.8 Å². The Morgan fingerprint density at radius 1 is 1.26 bits per heavy atom. The van der Waals surface area contributed by atoms with Crippen molar-refractivity contribution < 1.29 is 9.53 Å². The van der Waals surface area contributed by atoms with Crippen molar-refractivity contribution in [3.8, 4) is 5.75 Å². The summed E-state index contributed by atoms with van der Waals surface area (Å²) >= 11 is 1.44. The fourth-order valence-electron chi connectivity index (χ4n) is 3.44. The van der Waals surface area contributed by atoms with Gasteiger partial charge in [-0.15, -0.1) is 5.73 Å². The molecule has 1 aliphatic heterocycles. The topological polar surface area (TPSA) is 29.5 Å². The maximum Gasteiger partial charge on any atom is 0.197 e.